The molecule has 29 heavy (non-hydrogen) atoms. The number of aryl methyl sites for hydroxylation is 1. The lowest BCUT2D eigenvalue weighted by molar-refractivity contribution is 0.600. The quantitative estimate of drug-likeness (QED) is 0.556. The van der Waals surface area contributed by atoms with Gasteiger partial charge < -0.3 is 5.32 Å². The minimum atomic E-state index is -3.23. The number of nitrogens with zero attached hydrogens (tertiary/aromatic N) is 2. The highest BCUT2D eigenvalue weighted by Crippen LogP contribution is 2.36. The van der Waals surface area contributed by atoms with Gasteiger partial charge in [-0.2, -0.15) is 0 Å². The van der Waals surface area contributed by atoms with Gasteiger partial charge in [-0.1, -0.05) is 60.7 Å². The van der Waals surface area contributed by atoms with E-state index in [1.807, 2.05) is 36.4 Å². The molecule has 0 saturated carbocycles. The van der Waals surface area contributed by atoms with Gasteiger partial charge >= 0.3 is 0 Å². The van der Waals surface area contributed by atoms with E-state index >= 15 is 0 Å². The van der Waals surface area contributed by atoms with Crippen LogP contribution in [0.4, 0.5) is 5.82 Å². The first-order valence-electron chi connectivity index (χ1n) is 9.49. The molecule has 2 heterocycles. The molecular formula is C23H19N3O2S. The second-order valence-corrected chi connectivity index (χ2v) is 9.20. The smallest absolute Gasteiger partial charge is 0.179 e. The molecule has 0 radical (unpaired) electrons. The molecule has 6 heteroatoms. The maximum atomic E-state index is 12.4. The molecule has 4 aromatic rings. The molecule has 0 aliphatic carbocycles. The lowest BCUT2D eigenvalue weighted by Gasteiger charge is -2.22. The largest absolute Gasteiger partial charge is 0.359 e. The third kappa shape index (κ3) is 3.15. The van der Waals surface area contributed by atoms with Crippen molar-refractivity contribution in [2.24, 2.45) is 0 Å². The van der Waals surface area contributed by atoms with Crippen molar-refractivity contribution in [2.75, 3.05) is 11.1 Å². The molecule has 5 rings (SSSR count). The van der Waals surface area contributed by atoms with E-state index in [0.29, 0.717) is 17.1 Å². The number of sulfone groups is 1. The zero-order valence-electron chi connectivity index (χ0n) is 15.6. The summed E-state index contributed by atoms with van der Waals surface area (Å²) in [5.41, 5.74) is 3.76. The topological polar surface area (TPSA) is 72.0 Å². The van der Waals surface area contributed by atoms with Crippen molar-refractivity contribution in [3.63, 3.8) is 0 Å². The highest BCUT2D eigenvalue weighted by molar-refractivity contribution is 7.91. The van der Waals surface area contributed by atoms with Crippen LogP contribution in [0.5, 0.6) is 0 Å². The van der Waals surface area contributed by atoms with Gasteiger partial charge in [0.2, 0.25) is 0 Å². The Morgan fingerprint density at radius 2 is 1.48 bits per heavy atom. The molecule has 0 atom stereocenters. The van der Waals surface area contributed by atoms with Gasteiger partial charge in [-0.25, -0.2) is 18.4 Å². The summed E-state index contributed by atoms with van der Waals surface area (Å²) in [6.07, 6.45) is 2.01. The zero-order valence-corrected chi connectivity index (χ0v) is 16.4. The summed E-state index contributed by atoms with van der Waals surface area (Å²) < 4.78 is 24.8. The predicted molar refractivity (Wildman–Crippen MR) is 114 cm³/mol. The Hall–Kier alpha value is -3.25. The van der Waals surface area contributed by atoms with Gasteiger partial charge in [-0.3, -0.25) is 0 Å². The maximum absolute atomic E-state index is 12.4. The summed E-state index contributed by atoms with van der Waals surface area (Å²) in [7, 11) is -3.23. The minimum absolute atomic E-state index is 0.121. The summed E-state index contributed by atoms with van der Waals surface area (Å²) >= 11 is 0. The molecule has 0 amide bonds. The molecule has 0 fully saturated rings. The number of hydrogen-bond donors (Lipinski definition) is 1. The van der Waals surface area contributed by atoms with E-state index in [2.05, 4.69) is 39.6 Å². The summed E-state index contributed by atoms with van der Waals surface area (Å²) in [5, 5.41) is 4.36. The Labute approximate surface area is 169 Å². The fourth-order valence-corrected chi connectivity index (χ4v) is 5.53. The standard InChI is InChI=1S/C23H19N3O2S/c27-29(28)14-13-18-20(29)12-11-19-21(18)23(25-15-24-19)26-22(16-7-3-1-4-8-16)17-9-5-2-6-10-17/h1-12,15,22H,13-14H2,(H,24,25,26). The molecule has 0 unspecified atom stereocenters. The summed E-state index contributed by atoms with van der Waals surface area (Å²) in [6.45, 7) is 0. The molecule has 0 spiro atoms. The van der Waals surface area contributed by atoms with Crippen LogP contribution in [-0.4, -0.2) is 24.1 Å². The summed E-state index contributed by atoms with van der Waals surface area (Å²) in [6, 6.07) is 23.6. The monoisotopic (exact) mass is 401 g/mol. The fraction of sp³-hybridized carbons (Fsp3) is 0.130. The Balaban J connectivity index is 1.68. The molecule has 0 saturated heterocycles. The van der Waals surface area contributed by atoms with Crippen LogP contribution >= 0.6 is 0 Å². The third-order valence-electron chi connectivity index (χ3n) is 5.37. The van der Waals surface area contributed by atoms with E-state index in [-0.39, 0.29) is 11.8 Å². The number of anilines is 1. The predicted octanol–water partition coefficient (Wildman–Crippen LogP) is 4.16. The molecule has 1 aliphatic rings. The molecule has 1 aromatic heterocycles. The van der Waals surface area contributed by atoms with Crippen molar-refractivity contribution in [3.8, 4) is 0 Å². The van der Waals surface area contributed by atoms with Crippen LogP contribution in [0.1, 0.15) is 22.7 Å². The fourth-order valence-electron chi connectivity index (χ4n) is 3.98. The Bertz CT molecular complexity index is 1250. The summed E-state index contributed by atoms with van der Waals surface area (Å²) in [4.78, 5) is 9.28. The van der Waals surface area contributed by atoms with Crippen molar-refractivity contribution in [1.82, 2.24) is 9.97 Å². The Morgan fingerprint density at radius 1 is 0.828 bits per heavy atom. The molecular weight excluding hydrogens is 382 g/mol. The second-order valence-electron chi connectivity index (χ2n) is 7.13. The number of hydrogen-bond acceptors (Lipinski definition) is 5. The number of benzene rings is 3. The van der Waals surface area contributed by atoms with Crippen molar-refractivity contribution in [2.45, 2.75) is 17.4 Å². The first kappa shape index (κ1) is 17.8. The maximum Gasteiger partial charge on any atom is 0.179 e. The van der Waals surface area contributed by atoms with Gasteiger partial charge in [0, 0.05) is 5.39 Å². The normalized spacial score (nSPS) is 14.8. The van der Waals surface area contributed by atoms with Crippen LogP contribution in [0.25, 0.3) is 10.9 Å². The molecule has 144 valence electrons. The average Bonchev–Trinajstić information content (AvgIpc) is 3.08. The van der Waals surface area contributed by atoms with Crippen molar-refractivity contribution in [1.29, 1.82) is 0 Å². The van der Waals surface area contributed by atoms with E-state index in [1.54, 1.807) is 12.1 Å². The molecule has 1 N–H and O–H groups in total. The van der Waals surface area contributed by atoms with Crippen LogP contribution in [0, 0.1) is 0 Å². The molecule has 0 bridgehead atoms. The van der Waals surface area contributed by atoms with Gasteiger partial charge in [0.25, 0.3) is 0 Å². The van der Waals surface area contributed by atoms with Gasteiger partial charge in [0.05, 0.1) is 22.2 Å². The van der Waals surface area contributed by atoms with Crippen molar-refractivity contribution < 1.29 is 8.42 Å². The Morgan fingerprint density at radius 3 is 2.14 bits per heavy atom. The van der Waals surface area contributed by atoms with Gasteiger partial charge in [0.15, 0.2) is 9.84 Å². The van der Waals surface area contributed by atoms with E-state index in [9.17, 15) is 8.42 Å². The number of rotatable bonds is 4. The lowest BCUT2D eigenvalue weighted by Crippen LogP contribution is -2.14. The minimum Gasteiger partial charge on any atom is -0.359 e. The Kier molecular flexibility index (Phi) is 4.28. The van der Waals surface area contributed by atoms with Gasteiger partial charge in [-0.05, 0) is 35.2 Å². The molecule has 1 aliphatic heterocycles. The van der Waals surface area contributed by atoms with Crippen LogP contribution in [0.3, 0.4) is 0 Å². The first-order chi connectivity index (χ1) is 14.1. The zero-order chi connectivity index (χ0) is 19.8. The van der Waals surface area contributed by atoms with Crippen LogP contribution in [0.15, 0.2) is 84.0 Å². The highest BCUT2D eigenvalue weighted by Gasteiger charge is 2.29. The van der Waals surface area contributed by atoms with Gasteiger partial charge in [0.1, 0.15) is 12.1 Å². The SMILES string of the molecule is O=S1(=O)CCc2c1ccc1ncnc(NC(c3ccccc3)c3ccccc3)c21. The van der Waals surface area contributed by atoms with Crippen molar-refractivity contribution in [3.05, 3.63) is 95.8 Å². The van der Waals surface area contributed by atoms with E-state index in [4.69, 9.17) is 0 Å². The van der Waals surface area contributed by atoms with Crippen molar-refractivity contribution >= 4 is 26.6 Å². The second kappa shape index (κ2) is 6.97. The lowest BCUT2D eigenvalue weighted by atomic mass is 9.98. The molecule has 3 aromatic carbocycles. The number of aromatic nitrogens is 2. The number of nitrogens with one attached hydrogen (secondary N) is 1. The van der Waals surface area contributed by atoms with Crippen LogP contribution in [-0.2, 0) is 16.3 Å². The average molecular weight is 401 g/mol. The summed E-state index contributed by atoms with van der Waals surface area (Å²) in [5.74, 6) is 0.790. The number of fused-ring (bicyclic) bond motifs is 3. The highest BCUT2D eigenvalue weighted by atomic mass is 32.2. The van der Waals surface area contributed by atoms with E-state index in [0.717, 1.165) is 27.6 Å². The molecule has 5 nitrogen and oxygen atoms in total. The van der Waals surface area contributed by atoms with Crippen LogP contribution < -0.4 is 5.32 Å². The van der Waals surface area contributed by atoms with Crippen LogP contribution in [0.2, 0.25) is 0 Å². The first-order valence-corrected chi connectivity index (χ1v) is 11.1. The van der Waals surface area contributed by atoms with Gasteiger partial charge in [-0.15, -0.1) is 0 Å². The van der Waals surface area contributed by atoms with E-state index in [1.165, 1.54) is 6.33 Å². The third-order valence-corrected chi connectivity index (χ3v) is 7.17. The van der Waals surface area contributed by atoms with E-state index < -0.39 is 9.84 Å².